The lowest BCUT2D eigenvalue weighted by Crippen LogP contribution is -2.49. The van der Waals surface area contributed by atoms with Crippen LogP contribution in [0.5, 0.6) is 0 Å². The van der Waals surface area contributed by atoms with Crippen molar-refractivity contribution in [2.75, 3.05) is 13.1 Å². The summed E-state index contributed by atoms with van der Waals surface area (Å²) in [7, 11) is 0. The van der Waals surface area contributed by atoms with Crippen molar-refractivity contribution in [2.45, 2.75) is 32.4 Å². The number of nitrogens with one attached hydrogen (secondary N) is 2. The SMILES string of the molecule is CCNC(=O)N1CCCC1C(=O)NCc1ccco1. The molecule has 1 aromatic rings. The molecule has 6 heteroatoms. The maximum atomic E-state index is 12.1. The van der Waals surface area contributed by atoms with Gasteiger partial charge in [-0.05, 0) is 31.9 Å². The second-order valence-corrected chi connectivity index (χ2v) is 4.48. The van der Waals surface area contributed by atoms with E-state index < -0.39 is 0 Å². The fourth-order valence-corrected chi connectivity index (χ4v) is 2.24. The summed E-state index contributed by atoms with van der Waals surface area (Å²) in [5.41, 5.74) is 0. The molecule has 1 aromatic heterocycles. The number of carbonyl (C=O) groups excluding carboxylic acids is 2. The number of hydrogen-bond acceptors (Lipinski definition) is 3. The van der Waals surface area contributed by atoms with Gasteiger partial charge in [-0.15, -0.1) is 0 Å². The van der Waals surface area contributed by atoms with Crippen LogP contribution in [0.4, 0.5) is 4.79 Å². The van der Waals surface area contributed by atoms with Crippen LogP contribution < -0.4 is 10.6 Å². The van der Waals surface area contributed by atoms with E-state index in [1.807, 2.05) is 6.92 Å². The molecule has 19 heavy (non-hydrogen) atoms. The lowest BCUT2D eigenvalue weighted by atomic mass is 10.2. The summed E-state index contributed by atoms with van der Waals surface area (Å²) in [5.74, 6) is 0.580. The molecule has 1 saturated heterocycles. The third-order valence-electron chi connectivity index (χ3n) is 3.16. The Bertz CT molecular complexity index is 430. The van der Waals surface area contributed by atoms with Crippen molar-refractivity contribution in [1.82, 2.24) is 15.5 Å². The topological polar surface area (TPSA) is 74.6 Å². The number of hydrogen-bond donors (Lipinski definition) is 2. The summed E-state index contributed by atoms with van der Waals surface area (Å²) in [6.07, 6.45) is 3.13. The average Bonchev–Trinajstić information content (AvgIpc) is 3.07. The Morgan fingerprint density at radius 1 is 1.47 bits per heavy atom. The van der Waals surface area contributed by atoms with Crippen molar-refractivity contribution in [1.29, 1.82) is 0 Å². The minimum Gasteiger partial charge on any atom is -0.467 e. The monoisotopic (exact) mass is 265 g/mol. The zero-order valence-electron chi connectivity index (χ0n) is 11.0. The van der Waals surface area contributed by atoms with Crippen LogP contribution in [0.15, 0.2) is 22.8 Å². The van der Waals surface area contributed by atoms with Gasteiger partial charge in [0.25, 0.3) is 0 Å². The van der Waals surface area contributed by atoms with Crippen LogP contribution in [-0.4, -0.2) is 36.0 Å². The van der Waals surface area contributed by atoms with Crippen LogP contribution in [0.3, 0.4) is 0 Å². The smallest absolute Gasteiger partial charge is 0.318 e. The van der Waals surface area contributed by atoms with Crippen molar-refractivity contribution in [3.8, 4) is 0 Å². The van der Waals surface area contributed by atoms with E-state index in [-0.39, 0.29) is 18.0 Å². The summed E-state index contributed by atoms with van der Waals surface area (Å²) in [6.45, 7) is 3.41. The molecule has 0 bridgehead atoms. The molecule has 1 fully saturated rings. The molecule has 1 aliphatic rings. The van der Waals surface area contributed by atoms with Gasteiger partial charge in [0.1, 0.15) is 11.8 Å². The highest BCUT2D eigenvalue weighted by Crippen LogP contribution is 2.17. The molecule has 1 atom stereocenters. The standard InChI is InChI=1S/C13H19N3O3/c1-2-14-13(18)16-7-3-6-11(16)12(17)15-9-10-5-4-8-19-10/h4-5,8,11H,2-3,6-7,9H2,1H3,(H,14,18)(H,15,17). The minimum absolute atomic E-state index is 0.125. The van der Waals surface area contributed by atoms with Gasteiger partial charge < -0.3 is 20.0 Å². The van der Waals surface area contributed by atoms with Crippen LogP contribution in [0.25, 0.3) is 0 Å². The molecule has 104 valence electrons. The lowest BCUT2D eigenvalue weighted by molar-refractivity contribution is -0.124. The van der Waals surface area contributed by atoms with Gasteiger partial charge in [0, 0.05) is 13.1 Å². The Labute approximate surface area is 112 Å². The lowest BCUT2D eigenvalue weighted by Gasteiger charge is -2.23. The fourth-order valence-electron chi connectivity index (χ4n) is 2.24. The van der Waals surface area contributed by atoms with Gasteiger partial charge in [0.2, 0.25) is 5.91 Å². The zero-order chi connectivity index (χ0) is 13.7. The number of carbonyl (C=O) groups is 2. The van der Waals surface area contributed by atoms with Gasteiger partial charge in [0.15, 0.2) is 0 Å². The second kappa shape index (κ2) is 6.26. The van der Waals surface area contributed by atoms with Crippen molar-refractivity contribution < 1.29 is 14.0 Å². The van der Waals surface area contributed by atoms with E-state index in [2.05, 4.69) is 10.6 Å². The molecule has 1 unspecified atom stereocenters. The first-order valence-electron chi connectivity index (χ1n) is 6.57. The van der Waals surface area contributed by atoms with Crippen LogP contribution in [0, 0.1) is 0 Å². The molecule has 0 saturated carbocycles. The molecular weight excluding hydrogens is 246 g/mol. The average molecular weight is 265 g/mol. The van der Waals surface area contributed by atoms with Crippen molar-refractivity contribution in [2.24, 2.45) is 0 Å². The Balaban J connectivity index is 1.88. The maximum absolute atomic E-state index is 12.1. The largest absolute Gasteiger partial charge is 0.467 e. The Kier molecular flexibility index (Phi) is 4.43. The maximum Gasteiger partial charge on any atom is 0.318 e. The molecule has 6 nitrogen and oxygen atoms in total. The normalized spacial score (nSPS) is 18.4. The number of urea groups is 1. The highest BCUT2D eigenvalue weighted by Gasteiger charge is 2.33. The summed E-state index contributed by atoms with van der Waals surface area (Å²) in [6, 6.07) is 3.04. The van der Waals surface area contributed by atoms with E-state index >= 15 is 0 Å². The number of amides is 3. The third-order valence-corrected chi connectivity index (χ3v) is 3.16. The molecule has 1 aliphatic heterocycles. The quantitative estimate of drug-likeness (QED) is 0.855. The summed E-state index contributed by atoms with van der Waals surface area (Å²) in [5, 5.41) is 5.53. The Morgan fingerprint density at radius 2 is 2.32 bits per heavy atom. The number of nitrogens with zero attached hydrogens (tertiary/aromatic N) is 1. The van der Waals surface area contributed by atoms with E-state index in [1.165, 1.54) is 0 Å². The zero-order valence-corrected chi connectivity index (χ0v) is 11.0. The molecule has 2 rings (SSSR count). The summed E-state index contributed by atoms with van der Waals surface area (Å²) in [4.78, 5) is 25.5. The van der Waals surface area contributed by atoms with Crippen molar-refractivity contribution in [3.05, 3.63) is 24.2 Å². The third kappa shape index (κ3) is 3.27. The van der Waals surface area contributed by atoms with Crippen molar-refractivity contribution in [3.63, 3.8) is 0 Å². The van der Waals surface area contributed by atoms with Gasteiger partial charge in [-0.3, -0.25) is 4.79 Å². The first-order chi connectivity index (χ1) is 9.22. The molecule has 0 aliphatic carbocycles. The van der Waals surface area contributed by atoms with Gasteiger partial charge in [-0.25, -0.2) is 4.79 Å². The molecule has 0 radical (unpaired) electrons. The predicted octanol–water partition coefficient (Wildman–Crippen LogP) is 1.09. The van der Waals surface area contributed by atoms with Gasteiger partial charge in [0.05, 0.1) is 12.8 Å². The van der Waals surface area contributed by atoms with Gasteiger partial charge in [-0.2, -0.15) is 0 Å². The van der Waals surface area contributed by atoms with E-state index in [9.17, 15) is 9.59 Å². The molecule has 0 spiro atoms. The molecular formula is C13H19N3O3. The highest BCUT2D eigenvalue weighted by atomic mass is 16.3. The second-order valence-electron chi connectivity index (χ2n) is 4.48. The van der Waals surface area contributed by atoms with E-state index in [1.54, 1.807) is 23.3 Å². The van der Waals surface area contributed by atoms with Crippen LogP contribution in [0.2, 0.25) is 0 Å². The van der Waals surface area contributed by atoms with E-state index in [0.29, 0.717) is 31.8 Å². The van der Waals surface area contributed by atoms with Gasteiger partial charge >= 0.3 is 6.03 Å². The van der Waals surface area contributed by atoms with E-state index in [0.717, 1.165) is 6.42 Å². The van der Waals surface area contributed by atoms with E-state index in [4.69, 9.17) is 4.42 Å². The molecule has 2 N–H and O–H groups in total. The first-order valence-corrected chi connectivity index (χ1v) is 6.57. The Morgan fingerprint density at radius 3 is 3.00 bits per heavy atom. The first kappa shape index (κ1) is 13.5. The molecule has 2 heterocycles. The minimum atomic E-state index is -0.374. The van der Waals surface area contributed by atoms with Crippen LogP contribution >= 0.6 is 0 Å². The summed E-state index contributed by atoms with van der Waals surface area (Å²) < 4.78 is 5.15. The van der Waals surface area contributed by atoms with Crippen LogP contribution in [-0.2, 0) is 11.3 Å². The number of rotatable bonds is 4. The highest BCUT2D eigenvalue weighted by molar-refractivity contribution is 5.87. The van der Waals surface area contributed by atoms with Crippen molar-refractivity contribution >= 4 is 11.9 Å². The van der Waals surface area contributed by atoms with Gasteiger partial charge in [-0.1, -0.05) is 0 Å². The summed E-state index contributed by atoms with van der Waals surface area (Å²) >= 11 is 0. The molecule has 3 amide bonds. The Hall–Kier alpha value is -1.98. The molecule has 0 aromatic carbocycles. The predicted molar refractivity (Wildman–Crippen MR) is 69.4 cm³/mol. The van der Waals surface area contributed by atoms with Crippen LogP contribution in [0.1, 0.15) is 25.5 Å². The number of likely N-dealkylation sites (tertiary alicyclic amines) is 1. The number of furan rings is 1. The fraction of sp³-hybridized carbons (Fsp3) is 0.538.